The van der Waals surface area contributed by atoms with Crippen molar-refractivity contribution in [3.05, 3.63) is 53.9 Å². The molecule has 0 aliphatic carbocycles. The third-order valence-electron chi connectivity index (χ3n) is 3.61. The van der Waals surface area contributed by atoms with Gasteiger partial charge in [0.1, 0.15) is 12.2 Å². The SMILES string of the molecule is CCCc1ncncc1C(=O)NCCc1nc2ccccc2[nH]1. The molecule has 3 aromatic rings. The van der Waals surface area contributed by atoms with Gasteiger partial charge in [0.05, 0.1) is 22.3 Å². The van der Waals surface area contributed by atoms with E-state index in [1.807, 2.05) is 24.3 Å². The van der Waals surface area contributed by atoms with Gasteiger partial charge < -0.3 is 10.3 Å². The van der Waals surface area contributed by atoms with E-state index in [4.69, 9.17) is 0 Å². The first kappa shape index (κ1) is 15.1. The van der Waals surface area contributed by atoms with E-state index in [2.05, 4.69) is 32.2 Å². The zero-order valence-corrected chi connectivity index (χ0v) is 13.0. The van der Waals surface area contributed by atoms with Gasteiger partial charge in [-0.05, 0) is 18.6 Å². The Hall–Kier alpha value is -2.76. The predicted octanol–water partition coefficient (Wildman–Crippen LogP) is 2.28. The zero-order valence-electron chi connectivity index (χ0n) is 13.0. The Labute approximate surface area is 134 Å². The van der Waals surface area contributed by atoms with Crippen molar-refractivity contribution in [2.75, 3.05) is 6.54 Å². The second-order valence-corrected chi connectivity index (χ2v) is 5.34. The molecule has 2 aromatic heterocycles. The quantitative estimate of drug-likeness (QED) is 0.731. The molecule has 3 rings (SSSR count). The number of carbonyl (C=O) groups is 1. The topological polar surface area (TPSA) is 83.6 Å². The largest absolute Gasteiger partial charge is 0.351 e. The highest BCUT2D eigenvalue weighted by atomic mass is 16.1. The Balaban J connectivity index is 1.61. The van der Waals surface area contributed by atoms with Crippen LogP contribution in [0.3, 0.4) is 0 Å². The second-order valence-electron chi connectivity index (χ2n) is 5.34. The molecule has 0 radical (unpaired) electrons. The molecule has 6 heteroatoms. The van der Waals surface area contributed by atoms with Crippen molar-refractivity contribution in [3.8, 4) is 0 Å². The minimum atomic E-state index is -0.134. The lowest BCUT2D eigenvalue weighted by atomic mass is 10.1. The summed E-state index contributed by atoms with van der Waals surface area (Å²) in [5.41, 5.74) is 3.30. The van der Waals surface area contributed by atoms with Crippen molar-refractivity contribution >= 4 is 16.9 Å². The lowest BCUT2D eigenvalue weighted by Crippen LogP contribution is -2.27. The summed E-state index contributed by atoms with van der Waals surface area (Å²) >= 11 is 0. The molecule has 2 heterocycles. The van der Waals surface area contributed by atoms with Gasteiger partial charge in [-0.2, -0.15) is 0 Å². The van der Waals surface area contributed by atoms with Gasteiger partial charge in [0, 0.05) is 19.2 Å². The highest BCUT2D eigenvalue weighted by molar-refractivity contribution is 5.94. The molecule has 0 aliphatic rings. The number of hydrogen-bond donors (Lipinski definition) is 2. The Morgan fingerprint density at radius 2 is 2.13 bits per heavy atom. The molecular formula is C17H19N5O. The third-order valence-corrected chi connectivity index (χ3v) is 3.61. The number of nitrogens with zero attached hydrogens (tertiary/aromatic N) is 3. The van der Waals surface area contributed by atoms with Gasteiger partial charge in [-0.1, -0.05) is 25.5 Å². The van der Waals surface area contributed by atoms with Crippen LogP contribution in [0.5, 0.6) is 0 Å². The maximum atomic E-state index is 12.3. The van der Waals surface area contributed by atoms with Gasteiger partial charge in [-0.25, -0.2) is 15.0 Å². The first-order valence-corrected chi connectivity index (χ1v) is 7.78. The molecule has 0 unspecified atom stereocenters. The Morgan fingerprint density at radius 1 is 1.26 bits per heavy atom. The summed E-state index contributed by atoms with van der Waals surface area (Å²) in [6.45, 7) is 2.57. The molecule has 0 atom stereocenters. The highest BCUT2D eigenvalue weighted by Crippen LogP contribution is 2.10. The number of aromatic amines is 1. The van der Waals surface area contributed by atoms with Gasteiger partial charge in [-0.15, -0.1) is 0 Å². The number of carbonyl (C=O) groups excluding carboxylic acids is 1. The van der Waals surface area contributed by atoms with Crippen molar-refractivity contribution in [2.24, 2.45) is 0 Å². The average molecular weight is 309 g/mol. The minimum Gasteiger partial charge on any atom is -0.351 e. The molecule has 0 saturated carbocycles. The van der Waals surface area contributed by atoms with Crippen LogP contribution in [0.15, 0.2) is 36.8 Å². The van der Waals surface area contributed by atoms with Crippen LogP contribution in [-0.2, 0) is 12.8 Å². The molecular weight excluding hydrogens is 290 g/mol. The fourth-order valence-corrected chi connectivity index (χ4v) is 2.49. The standard InChI is InChI=1S/C17H19N5O/c1-2-5-13-12(10-18-11-20-13)17(23)19-9-8-16-21-14-6-3-4-7-15(14)22-16/h3-4,6-7,10-11H,2,5,8-9H2,1H3,(H,19,23)(H,21,22). The smallest absolute Gasteiger partial charge is 0.254 e. The van der Waals surface area contributed by atoms with E-state index in [9.17, 15) is 4.79 Å². The number of hydrogen-bond acceptors (Lipinski definition) is 4. The van der Waals surface area contributed by atoms with E-state index in [1.54, 1.807) is 6.20 Å². The lowest BCUT2D eigenvalue weighted by Gasteiger charge is -2.07. The summed E-state index contributed by atoms with van der Waals surface area (Å²) in [7, 11) is 0. The zero-order chi connectivity index (χ0) is 16.1. The van der Waals surface area contributed by atoms with E-state index in [0.29, 0.717) is 18.5 Å². The summed E-state index contributed by atoms with van der Waals surface area (Å²) in [5, 5.41) is 2.91. The third kappa shape index (κ3) is 3.53. The number of aromatic nitrogens is 4. The molecule has 6 nitrogen and oxygen atoms in total. The minimum absolute atomic E-state index is 0.134. The summed E-state index contributed by atoms with van der Waals surface area (Å²) in [6.07, 6.45) is 5.42. The van der Waals surface area contributed by atoms with Crippen LogP contribution in [0.1, 0.15) is 35.2 Å². The molecule has 1 amide bonds. The first-order valence-electron chi connectivity index (χ1n) is 7.78. The molecule has 2 N–H and O–H groups in total. The fraction of sp³-hybridized carbons (Fsp3) is 0.294. The van der Waals surface area contributed by atoms with E-state index < -0.39 is 0 Å². The van der Waals surface area contributed by atoms with Crippen LogP contribution in [0.25, 0.3) is 11.0 Å². The molecule has 118 valence electrons. The summed E-state index contributed by atoms with van der Waals surface area (Å²) in [4.78, 5) is 28.2. The first-order chi connectivity index (χ1) is 11.3. The van der Waals surface area contributed by atoms with Gasteiger partial charge in [0.25, 0.3) is 5.91 Å². The van der Waals surface area contributed by atoms with Gasteiger partial charge >= 0.3 is 0 Å². The lowest BCUT2D eigenvalue weighted by molar-refractivity contribution is 0.0952. The average Bonchev–Trinajstić information content (AvgIpc) is 2.98. The Bertz CT molecular complexity index is 778. The van der Waals surface area contributed by atoms with Crippen molar-refractivity contribution < 1.29 is 4.79 Å². The number of fused-ring (bicyclic) bond motifs is 1. The van der Waals surface area contributed by atoms with Crippen LogP contribution < -0.4 is 5.32 Å². The number of aryl methyl sites for hydroxylation is 1. The highest BCUT2D eigenvalue weighted by Gasteiger charge is 2.12. The van der Waals surface area contributed by atoms with Gasteiger partial charge in [0.15, 0.2) is 0 Å². The van der Waals surface area contributed by atoms with E-state index in [1.165, 1.54) is 6.33 Å². The number of amides is 1. The number of para-hydroxylation sites is 2. The summed E-state index contributed by atoms with van der Waals surface area (Å²) in [5.74, 6) is 0.731. The van der Waals surface area contributed by atoms with Crippen molar-refractivity contribution in [3.63, 3.8) is 0 Å². The van der Waals surface area contributed by atoms with E-state index in [0.717, 1.165) is 35.4 Å². The molecule has 0 bridgehead atoms. The Morgan fingerprint density at radius 3 is 2.96 bits per heavy atom. The van der Waals surface area contributed by atoms with Gasteiger partial charge in [-0.3, -0.25) is 4.79 Å². The number of benzene rings is 1. The molecule has 0 spiro atoms. The number of rotatable bonds is 6. The summed E-state index contributed by atoms with van der Waals surface area (Å²) in [6, 6.07) is 7.88. The number of nitrogens with one attached hydrogen (secondary N) is 2. The predicted molar refractivity (Wildman–Crippen MR) is 88.2 cm³/mol. The number of imidazole rings is 1. The molecule has 0 saturated heterocycles. The summed E-state index contributed by atoms with van der Waals surface area (Å²) < 4.78 is 0. The monoisotopic (exact) mass is 309 g/mol. The molecule has 23 heavy (non-hydrogen) atoms. The van der Waals surface area contributed by atoms with Crippen molar-refractivity contribution in [2.45, 2.75) is 26.2 Å². The van der Waals surface area contributed by atoms with E-state index in [-0.39, 0.29) is 5.91 Å². The van der Waals surface area contributed by atoms with Crippen LogP contribution in [0.4, 0.5) is 0 Å². The fourth-order valence-electron chi connectivity index (χ4n) is 2.49. The maximum Gasteiger partial charge on any atom is 0.254 e. The van der Waals surface area contributed by atoms with Crippen LogP contribution in [0, 0.1) is 0 Å². The van der Waals surface area contributed by atoms with Crippen LogP contribution in [0.2, 0.25) is 0 Å². The number of H-pyrrole nitrogens is 1. The van der Waals surface area contributed by atoms with Crippen molar-refractivity contribution in [1.82, 2.24) is 25.3 Å². The van der Waals surface area contributed by atoms with Gasteiger partial charge in [0.2, 0.25) is 0 Å². The van der Waals surface area contributed by atoms with E-state index >= 15 is 0 Å². The molecule has 0 aliphatic heterocycles. The van der Waals surface area contributed by atoms with Crippen molar-refractivity contribution in [1.29, 1.82) is 0 Å². The normalized spacial score (nSPS) is 10.8. The van der Waals surface area contributed by atoms with Crippen LogP contribution >= 0.6 is 0 Å². The maximum absolute atomic E-state index is 12.3. The molecule has 0 fully saturated rings. The Kier molecular flexibility index (Phi) is 4.61. The van der Waals surface area contributed by atoms with Crippen LogP contribution in [-0.4, -0.2) is 32.4 Å². The molecule has 1 aromatic carbocycles. The second kappa shape index (κ2) is 7.00.